The Bertz CT molecular complexity index is 1180. The van der Waals surface area contributed by atoms with E-state index in [9.17, 15) is 14.0 Å². The quantitative estimate of drug-likeness (QED) is 0.467. The second-order valence-corrected chi connectivity index (χ2v) is 7.73. The minimum Gasteiger partial charge on any atom is -0.488 e. The van der Waals surface area contributed by atoms with Crippen molar-refractivity contribution in [3.8, 4) is 5.75 Å². The number of carbonyl (C=O) groups excluding carboxylic acids is 1. The van der Waals surface area contributed by atoms with Gasteiger partial charge in [-0.1, -0.05) is 23.7 Å². The lowest BCUT2D eigenvalue weighted by atomic mass is 10.2. The van der Waals surface area contributed by atoms with Gasteiger partial charge in [-0.25, -0.2) is 14.2 Å². The maximum atomic E-state index is 14.4. The van der Waals surface area contributed by atoms with Crippen LogP contribution < -0.4 is 20.9 Å². The minimum absolute atomic E-state index is 0.0557. The van der Waals surface area contributed by atoms with Crippen LogP contribution in [0.3, 0.4) is 0 Å². The standard InChI is InChI=1S/C23H24ClFN4O4/c1-4-32-23(31)28-19-12-26-22(27-17-9-10-20(18(25)11-17)33-14(2)3)29(21(19)30)13-15-5-7-16(24)8-6-15/h5-12,14H,4,13H2,1-3H3,(H,26,27)(H,28,31). The molecule has 0 radical (unpaired) electrons. The summed E-state index contributed by atoms with van der Waals surface area (Å²) in [5.74, 6) is -0.279. The summed E-state index contributed by atoms with van der Waals surface area (Å²) in [5, 5.41) is 5.90. The van der Waals surface area contributed by atoms with Gasteiger partial charge in [0.1, 0.15) is 5.69 Å². The summed E-state index contributed by atoms with van der Waals surface area (Å²) in [6.07, 6.45) is 0.272. The van der Waals surface area contributed by atoms with Crippen molar-refractivity contribution in [1.82, 2.24) is 9.55 Å². The van der Waals surface area contributed by atoms with Gasteiger partial charge >= 0.3 is 6.09 Å². The molecule has 3 aromatic rings. The van der Waals surface area contributed by atoms with E-state index in [4.69, 9.17) is 21.1 Å². The predicted molar refractivity (Wildman–Crippen MR) is 125 cm³/mol. The van der Waals surface area contributed by atoms with E-state index >= 15 is 0 Å². The van der Waals surface area contributed by atoms with Crippen LogP contribution in [0, 0.1) is 5.82 Å². The Morgan fingerprint density at radius 3 is 2.58 bits per heavy atom. The van der Waals surface area contributed by atoms with Crippen LogP contribution >= 0.6 is 11.6 Å². The lowest BCUT2D eigenvalue weighted by Crippen LogP contribution is -2.29. The third-order valence-corrected chi connectivity index (χ3v) is 4.62. The number of benzene rings is 2. The molecule has 0 bridgehead atoms. The monoisotopic (exact) mass is 474 g/mol. The molecule has 0 saturated heterocycles. The molecule has 0 atom stereocenters. The highest BCUT2D eigenvalue weighted by Gasteiger charge is 2.15. The first-order valence-corrected chi connectivity index (χ1v) is 10.7. The summed E-state index contributed by atoms with van der Waals surface area (Å²) in [6, 6.07) is 11.3. The van der Waals surface area contributed by atoms with Gasteiger partial charge in [-0.3, -0.25) is 14.7 Å². The molecule has 10 heteroatoms. The summed E-state index contributed by atoms with van der Waals surface area (Å²) in [7, 11) is 0. The predicted octanol–water partition coefficient (Wildman–Crippen LogP) is 5.18. The summed E-state index contributed by atoms with van der Waals surface area (Å²) < 4.78 is 26.0. The normalized spacial score (nSPS) is 10.7. The molecule has 1 amide bonds. The molecule has 0 aliphatic rings. The van der Waals surface area contributed by atoms with E-state index in [1.807, 2.05) is 0 Å². The summed E-state index contributed by atoms with van der Waals surface area (Å²) >= 11 is 5.96. The number of aromatic nitrogens is 2. The Morgan fingerprint density at radius 2 is 1.94 bits per heavy atom. The van der Waals surface area contributed by atoms with E-state index in [0.717, 1.165) is 5.56 Å². The molecule has 3 rings (SSSR count). The van der Waals surface area contributed by atoms with Crippen molar-refractivity contribution in [2.45, 2.75) is 33.4 Å². The van der Waals surface area contributed by atoms with E-state index in [1.54, 1.807) is 51.1 Å². The Morgan fingerprint density at radius 1 is 1.21 bits per heavy atom. The molecule has 2 N–H and O–H groups in total. The van der Waals surface area contributed by atoms with Gasteiger partial charge in [0, 0.05) is 16.8 Å². The zero-order valence-corrected chi connectivity index (χ0v) is 19.1. The lowest BCUT2D eigenvalue weighted by molar-refractivity contribution is 0.168. The second-order valence-electron chi connectivity index (χ2n) is 7.30. The van der Waals surface area contributed by atoms with Crippen molar-refractivity contribution >= 4 is 35.0 Å². The third kappa shape index (κ3) is 6.45. The Hall–Kier alpha value is -3.59. The van der Waals surface area contributed by atoms with Gasteiger partial charge in [-0.2, -0.15) is 0 Å². The fourth-order valence-corrected chi connectivity index (χ4v) is 3.06. The highest BCUT2D eigenvalue weighted by atomic mass is 35.5. The van der Waals surface area contributed by atoms with Crippen molar-refractivity contribution in [3.63, 3.8) is 0 Å². The van der Waals surface area contributed by atoms with Crippen LogP contribution in [0.2, 0.25) is 5.02 Å². The van der Waals surface area contributed by atoms with Crippen molar-refractivity contribution in [2.75, 3.05) is 17.2 Å². The van der Waals surface area contributed by atoms with Crippen molar-refractivity contribution < 1.29 is 18.7 Å². The molecule has 0 spiro atoms. The van der Waals surface area contributed by atoms with Gasteiger partial charge in [0.15, 0.2) is 11.6 Å². The second kappa shape index (κ2) is 10.8. The lowest BCUT2D eigenvalue weighted by Gasteiger charge is -2.16. The van der Waals surface area contributed by atoms with Crippen LogP contribution in [-0.4, -0.2) is 28.4 Å². The Kier molecular flexibility index (Phi) is 7.89. The minimum atomic E-state index is -0.766. The number of nitrogens with zero attached hydrogens (tertiary/aromatic N) is 2. The summed E-state index contributed by atoms with van der Waals surface area (Å²) in [4.78, 5) is 29.2. The fourth-order valence-electron chi connectivity index (χ4n) is 2.93. The Labute approximate surface area is 195 Å². The molecule has 0 fully saturated rings. The zero-order valence-electron chi connectivity index (χ0n) is 18.4. The molecular formula is C23H24ClFN4O4. The molecule has 0 saturated carbocycles. The zero-order chi connectivity index (χ0) is 24.0. The van der Waals surface area contributed by atoms with Crippen LogP contribution in [0.5, 0.6) is 5.75 Å². The molecule has 1 heterocycles. The Balaban J connectivity index is 1.96. The molecule has 33 heavy (non-hydrogen) atoms. The first-order chi connectivity index (χ1) is 15.8. The number of nitrogens with one attached hydrogen (secondary N) is 2. The van der Waals surface area contributed by atoms with E-state index in [1.165, 1.54) is 22.9 Å². The van der Waals surface area contributed by atoms with Crippen LogP contribution in [0.4, 0.5) is 26.5 Å². The smallest absolute Gasteiger partial charge is 0.411 e. The molecule has 0 aliphatic heterocycles. The highest BCUT2D eigenvalue weighted by Crippen LogP contribution is 2.24. The number of halogens is 2. The maximum absolute atomic E-state index is 14.4. The van der Waals surface area contributed by atoms with Gasteiger partial charge < -0.3 is 14.8 Å². The molecule has 0 aliphatic carbocycles. The molecule has 1 aromatic heterocycles. The number of hydrogen-bond donors (Lipinski definition) is 2. The first-order valence-electron chi connectivity index (χ1n) is 10.3. The highest BCUT2D eigenvalue weighted by molar-refractivity contribution is 6.30. The summed E-state index contributed by atoms with van der Waals surface area (Å²) in [6.45, 7) is 5.54. The average molecular weight is 475 g/mol. The van der Waals surface area contributed by atoms with Crippen LogP contribution in [0.1, 0.15) is 26.3 Å². The molecule has 174 valence electrons. The van der Waals surface area contributed by atoms with Crippen LogP contribution in [0.25, 0.3) is 0 Å². The van der Waals surface area contributed by atoms with Crippen LogP contribution in [0.15, 0.2) is 53.5 Å². The molecule has 8 nitrogen and oxygen atoms in total. The van der Waals surface area contributed by atoms with Crippen molar-refractivity contribution in [3.05, 3.63) is 75.4 Å². The molecule has 2 aromatic carbocycles. The number of carbonyl (C=O) groups is 1. The molecule has 0 unspecified atom stereocenters. The number of hydrogen-bond acceptors (Lipinski definition) is 6. The number of rotatable bonds is 8. The summed E-state index contributed by atoms with van der Waals surface area (Å²) in [5.41, 5.74) is 0.563. The average Bonchev–Trinajstić information content (AvgIpc) is 2.76. The van der Waals surface area contributed by atoms with Gasteiger partial charge in [0.05, 0.1) is 25.5 Å². The number of ether oxygens (including phenoxy) is 2. The third-order valence-electron chi connectivity index (χ3n) is 4.36. The number of amides is 1. The largest absolute Gasteiger partial charge is 0.488 e. The molecular weight excluding hydrogens is 451 g/mol. The fraction of sp³-hybridized carbons (Fsp3) is 0.261. The van der Waals surface area contributed by atoms with Crippen LogP contribution in [-0.2, 0) is 11.3 Å². The maximum Gasteiger partial charge on any atom is 0.411 e. The van der Waals surface area contributed by atoms with Crippen molar-refractivity contribution in [1.29, 1.82) is 0 Å². The van der Waals surface area contributed by atoms with Crippen molar-refractivity contribution in [2.24, 2.45) is 0 Å². The number of anilines is 3. The van der Waals surface area contributed by atoms with Gasteiger partial charge in [-0.05, 0) is 50.6 Å². The SMILES string of the molecule is CCOC(=O)Nc1cnc(Nc2ccc(OC(C)C)c(F)c2)n(Cc2ccc(Cl)cc2)c1=O. The van der Waals surface area contributed by atoms with Gasteiger partial charge in [0.2, 0.25) is 5.95 Å². The topological polar surface area (TPSA) is 94.5 Å². The van der Waals surface area contributed by atoms with E-state index in [0.29, 0.717) is 10.7 Å². The van der Waals surface area contributed by atoms with E-state index < -0.39 is 17.5 Å². The van der Waals surface area contributed by atoms with Gasteiger partial charge in [-0.15, -0.1) is 0 Å². The van der Waals surface area contributed by atoms with Gasteiger partial charge in [0.25, 0.3) is 5.56 Å². The first kappa shape index (κ1) is 24.1. The van der Waals surface area contributed by atoms with E-state index in [-0.39, 0.29) is 36.6 Å². The van der Waals surface area contributed by atoms with E-state index in [2.05, 4.69) is 15.6 Å².